The summed E-state index contributed by atoms with van der Waals surface area (Å²) in [6.07, 6.45) is 1.48. The van der Waals surface area contributed by atoms with Crippen molar-refractivity contribution in [3.8, 4) is 0 Å². The minimum Gasteiger partial charge on any atom is -0.399 e. The van der Waals surface area contributed by atoms with Gasteiger partial charge in [0.15, 0.2) is 0 Å². The van der Waals surface area contributed by atoms with Crippen LogP contribution in [0.15, 0.2) is 42.6 Å². The maximum absolute atomic E-state index is 14.2. The minimum atomic E-state index is -0.554. The number of nitrogen functional groups attached to an aromatic ring is 1. The van der Waals surface area contributed by atoms with Gasteiger partial charge in [0.2, 0.25) is 0 Å². The molecule has 26 heavy (non-hydrogen) atoms. The summed E-state index contributed by atoms with van der Waals surface area (Å²) in [7, 11) is 1.52. The van der Waals surface area contributed by atoms with Crippen LogP contribution in [0.3, 0.4) is 0 Å². The molecule has 0 aliphatic carbocycles. The number of allylic oxidation sites excluding steroid dienone is 1. The van der Waals surface area contributed by atoms with Crippen molar-refractivity contribution in [1.29, 1.82) is 10.8 Å². The molecule has 132 valence electrons. The molecule has 1 amide bonds. The molecule has 0 saturated heterocycles. The van der Waals surface area contributed by atoms with Crippen molar-refractivity contribution in [1.82, 2.24) is 4.90 Å². The first kappa shape index (κ1) is 17.3. The molecule has 5 N–H and O–H groups in total. The number of rotatable bonds is 3. The van der Waals surface area contributed by atoms with Gasteiger partial charge in [0.25, 0.3) is 5.91 Å². The average Bonchev–Trinajstić information content (AvgIpc) is 2.60. The number of benzene rings is 2. The van der Waals surface area contributed by atoms with Gasteiger partial charge < -0.3 is 16.0 Å². The van der Waals surface area contributed by atoms with Gasteiger partial charge >= 0.3 is 0 Å². The molecule has 0 unspecified atom stereocenters. The molecule has 3 rings (SSSR count). The maximum atomic E-state index is 14.2. The largest absolute Gasteiger partial charge is 0.399 e. The Morgan fingerprint density at radius 2 is 1.77 bits per heavy atom. The van der Waals surface area contributed by atoms with E-state index in [2.05, 4.69) is 5.32 Å². The van der Waals surface area contributed by atoms with Gasteiger partial charge in [-0.3, -0.25) is 15.6 Å². The van der Waals surface area contributed by atoms with E-state index in [4.69, 9.17) is 16.6 Å². The molecule has 1 aliphatic rings. The highest BCUT2D eigenvalue weighted by Crippen LogP contribution is 2.32. The molecule has 0 aromatic heterocycles. The molecule has 0 saturated carbocycles. The Morgan fingerprint density at radius 1 is 1.08 bits per heavy atom. The quantitative estimate of drug-likeness (QED) is 0.637. The predicted molar refractivity (Wildman–Crippen MR) is 101 cm³/mol. The van der Waals surface area contributed by atoms with Gasteiger partial charge in [0.05, 0.1) is 11.4 Å². The third-order valence-corrected chi connectivity index (χ3v) is 4.10. The highest BCUT2D eigenvalue weighted by molar-refractivity contribution is 6.75. The number of nitrogens with two attached hydrogens (primary N) is 1. The van der Waals surface area contributed by atoms with E-state index in [0.717, 1.165) is 5.56 Å². The summed E-state index contributed by atoms with van der Waals surface area (Å²) >= 11 is 0. The van der Waals surface area contributed by atoms with Gasteiger partial charge in [-0.05, 0) is 42.8 Å². The number of halogens is 1. The van der Waals surface area contributed by atoms with E-state index in [1.807, 2.05) is 0 Å². The average molecular weight is 351 g/mol. The molecule has 1 aliphatic heterocycles. The second-order valence-electron chi connectivity index (χ2n) is 6.12. The van der Waals surface area contributed by atoms with Crippen molar-refractivity contribution in [2.45, 2.75) is 6.92 Å². The number of carbonyl (C=O) groups is 1. The van der Waals surface area contributed by atoms with Crippen molar-refractivity contribution in [3.63, 3.8) is 0 Å². The number of nitrogens with one attached hydrogen (secondary N) is 3. The van der Waals surface area contributed by atoms with E-state index in [1.165, 1.54) is 24.2 Å². The molecule has 7 heteroatoms. The SMILES string of the molecule is Cc1ccc(Nc2ccc(N)cc2C2=CN(C)C(=O)C(=N)C2=N)c(F)c1. The Labute approximate surface area is 150 Å². The van der Waals surface area contributed by atoms with Crippen LogP contribution < -0.4 is 11.1 Å². The molecule has 0 spiro atoms. The van der Waals surface area contributed by atoms with Gasteiger partial charge in [-0.1, -0.05) is 6.07 Å². The van der Waals surface area contributed by atoms with E-state index >= 15 is 0 Å². The lowest BCUT2D eigenvalue weighted by molar-refractivity contribution is -0.120. The number of carbonyl (C=O) groups excluding carboxylic acids is 1. The van der Waals surface area contributed by atoms with Crippen LogP contribution in [0.25, 0.3) is 5.57 Å². The van der Waals surface area contributed by atoms with Gasteiger partial charge in [-0.2, -0.15) is 0 Å². The normalized spacial score (nSPS) is 14.5. The summed E-state index contributed by atoms with van der Waals surface area (Å²) in [5, 5.41) is 19.0. The Balaban J connectivity index is 2.09. The van der Waals surface area contributed by atoms with Crippen LogP contribution in [0.4, 0.5) is 21.5 Å². The lowest BCUT2D eigenvalue weighted by atomic mass is 9.93. The third-order valence-electron chi connectivity index (χ3n) is 4.10. The molecule has 6 nitrogen and oxygen atoms in total. The fourth-order valence-corrected chi connectivity index (χ4v) is 2.70. The van der Waals surface area contributed by atoms with E-state index in [9.17, 15) is 9.18 Å². The number of hydrogen-bond donors (Lipinski definition) is 4. The molecule has 1 heterocycles. The highest BCUT2D eigenvalue weighted by Gasteiger charge is 2.28. The zero-order valence-corrected chi connectivity index (χ0v) is 14.4. The van der Waals surface area contributed by atoms with Gasteiger partial charge in [0.1, 0.15) is 11.5 Å². The first-order valence-corrected chi connectivity index (χ1v) is 7.88. The van der Waals surface area contributed by atoms with E-state index in [0.29, 0.717) is 22.5 Å². The summed E-state index contributed by atoms with van der Waals surface area (Å²) < 4.78 is 14.2. The van der Waals surface area contributed by atoms with Crippen LogP contribution >= 0.6 is 0 Å². The van der Waals surface area contributed by atoms with Crippen molar-refractivity contribution in [2.75, 3.05) is 18.1 Å². The van der Waals surface area contributed by atoms with Crippen molar-refractivity contribution in [2.24, 2.45) is 0 Å². The molecule has 2 aromatic carbocycles. The standard InChI is InChI=1S/C19H18FN5O/c1-10-3-5-16(14(20)7-10)24-15-6-4-11(21)8-12(15)13-9-25(2)19(26)18(23)17(13)22/h3-9,22-24H,21H2,1-2H3. The summed E-state index contributed by atoms with van der Waals surface area (Å²) in [4.78, 5) is 13.1. The molecular formula is C19H18FN5O. The molecule has 0 radical (unpaired) electrons. The van der Waals surface area contributed by atoms with Crippen LogP contribution in [-0.2, 0) is 4.79 Å². The highest BCUT2D eigenvalue weighted by atomic mass is 19.1. The zero-order chi connectivity index (χ0) is 19.0. The number of aryl methyl sites for hydroxylation is 1. The predicted octanol–water partition coefficient (Wildman–Crippen LogP) is 3.31. The first-order chi connectivity index (χ1) is 12.3. The second-order valence-corrected chi connectivity index (χ2v) is 6.12. The maximum Gasteiger partial charge on any atom is 0.277 e. The number of anilines is 3. The van der Waals surface area contributed by atoms with Gasteiger partial charge in [-0.25, -0.2) is 4.39 Å². The van der Waals surface area contributed by atoms with Crippen molar-refractivity contribution >= 4 is 40.0 Å². The fraction of sp³-hybridized carbons (Fsp3) is 0.105. The Morgan fingerprint density at radius 3 is 2.46 bits per heavy atom. The monoisotopic (exact) mass is 351 g/mol. The second kappa shape index (κ2) is 6.44. The number of amides is 1. The smallest absolute Gasteiger partial charge is 0.277 e. The van der Waals surface area contributed by atoms with E-state index in [1.54, 1.807) is 37.3 Å². The van der Waals surface area contributed by atoms with Crippen LogP contribution in [0, 0.1) is 23.6 Å². The lowest BCUT2D eigenvalue weighted by Gasteiger charge is -2.24. The molecule has 0 atom stereocenters. The fourth-order valence-electron chi connectivity index (χ4n) is 2.70. The van der Waals surface area contributed by atoms with E-state index in [-0.39, 0.29) is 11.4 Å². The topological polar surface area (TPSA) is 106 Å². The summed E-state index contributed by atoms with van der Waals surface area (Å²) in [5.41, 5.74) is 8.21. The Kier molecular flexibility index (Phi) is 4.29. The third kappa shape index (κ3) is 3.06. The summed E-state index contributed by atoms with van der Waals surface area (Å²) in [5.74, 6) is -0.956. The van der Waals surface area contributed by atoms with E-state index < -0.39 is 17.4 Å². The van der Waals surface area contributed by atoms with Crippen LogP contribution in [-0.4, -0.2) is 29.3 Å². The molecule has 0 fully saturated rings. The number of hydrogen-bond acceptors (Lipinski definition) is 5. The Bertz CT molecular complexity index is 980. The zero-order valence-electron chi connectivity index (χ0n) is 14.4. The minimum absolute atomic E-state index is 0.203. The lowest BCUT2D eigenvalue weighted by Crippen LogP contribution is -2.38. The first-order valence-electron chi connectivity index (χ1n) is 7.88. The van der Waals surface area contributed by atoms with Gasteiger partial charge in [0, 0.05) is 35.8 Å². The molecule has 2 aromatic rings. The van der Waals surface area contributed by atoms with Crippen LogP contribution in [0.5, 0.6) is 0 Å². The summed E-state index contributed by atoms with van der Waals surface area (Å²) in [6.45, 7) is 1.80. The van der Waals surface area contributed by atoms with Crippen LogP contribution in [0.1, 0.15) is 11.1 Å². The molecular weight excluding hydrogens is 333 g/mol. The molecule has 0 bridgehead atoms. The Hall–Kier alpha value is -3.48. The number of nitrogens with zero attached hydrogens (tertiary/aromatic N) is 1. The van der Waals surface area contributed by atoms with Crippen LogP contribution in [0.2, 0.25) is 0 Å². The van der Waals surface area contributed by atoms with Gasteiger partial charge in [-0.15, -0.1) is 0 Å². The summed E-state index contributed by atoms with van der Waals surface area (Å²) in [6, 6.07) is 9.80. The van der Waals surface area contributed by atoms with Crippen molar-refractivity contribution in [3.05, 3.63) is 59.5 Å². The van der Waals surface area contributed by atoms with Crippen molar-refractivity contribution < 1.29 is 9.18 Å².